The normalized spacial score (nSPS) is 0. The van der Waals surface area contributed by atoms with Crippen LogP contribution in [0.15, 0.2) is 0 Å². The van der Waals surface area contributed by atoms with E-state index in [1.807, 2.05) is 0 Å². The zero-order valence-electron chi connectivity index (χ0n) is 10.5. The maximum absolute atomic E-state index is 0. The smallest absolute Gasteiger partial charge is 0.412 e. The Kier molecular flexibility index (Phi) is 19500. The second-order valence-electron chi connectivity index (χ2n) is 0. The van der Waals surface area contributed by atoms with E-state index in [0.717, 1.165) is 0 Å². The van der Waals surface area contributed by atoms with Crippen molar-refractivity contribution < 1.29 is 143 Å². The van der Waals surface area contributed by atoms with Gasteiger partial charge in [-0.3, -0.25) is 0 Å². The van der Waals surface area contributed by atoms with Crippen molar-refractivity contribution in [1.82, 2.24) is 0 Å². The molecule has 0 atom stereocenters. The molecule has 0 aliphatic rings. The fraction of sp³-hybridized carbons (Fsp3) is 0. The van der Waals surface area contributed by atoms with Gasteiger partial charge in [0.2, 0.25) is 0 Å². The molecule has 0 amide bonds. The Morgan fingerprint density at radius 1 is 0.250 bits per heavy atom. The Bertz CT molecular complexity index is 24.7. The molecule has 7 nitrogen and oxygen atoms in total. The first-order valence-electron chi connectivity index (χ1n) is 0. The van der Waals surface area contributed by atoms with Crippen molar-refractivity contribution in [3.8, 4) is 0 Å². The maximum atomic E-state index is 0. The fourth-order valence-electron chi connectivity index (χ4n) is 0. The predicted octanol–water partition coefficient (Wildman–Crippen LogP) is -3.53. The molecule has 0 aromatic heterocycles. The van der Waals surface area contributed by atoms with Gasteiger partial charge < -0.3 is 75.5 Å². The third-order valence-corrected chi connectivity index (χ3v) is 0. The van der Waals surface area contributed by atoms with Gasteiger partial charge in [0.05, 0.1) is 0 Å². The molecule has 16 heavy (non-hydrogen) atoms. The summed E-state index contributed by atoms with van der Waals surface area (Å²) in [6, 6.07) is 0. The van der Waals surface area contributed by atoms with Gasteiger partial charge in [-0.05, 0) is 0 Å². The number of hydrogen-bond acceptors (Lipinski definition) is 0. The van der Waals surface area contributed by atoms with E-state index in [4.69, 9.17) is 0 Å². The van der Waals surface area contributed by atoms with E-state index >= 15 is 0 Å². The van der Waals surface area contributed by atoms with E-state index in [1.54, 1.807) is 0 Å². The summed E-state index contributed by atoms with van der Waals surface area (Å²) in [6.45, 7) is 0. The Labute approximate surface area is 178 Å². The Balaban J connectivity index is 0. The summed E-state index contributed by atoms with van der Waals surface area (Å²) in [5.74, 6) is 0. The minimum atomic E-state index is 0. The molecule has 0 spiro atoms. The van der Waals surface area contributed by atoms with Gasteiger partial charge in [-0.15, -0.1) is 0 Å². The van der Waals surface area contributed by atoms with Crippen LogP contribution in [0.1, 0.15) is 0 Å². The van der Waals surface area contributed by atoms with Gasteiger partial charge in [-0.25, -0.2) is 0 Å². The molecule has 110 valence electrons. The zero-order chi connectivity index (χ0) is 0. The van der Waals surface area contributed by atoms with Crippen LogP contribution in [0.25, 0.3) is 0 Å². The molecular weight excluding hydrogens is 537 g/mol. The Morgan fingerprint density at radius 3 is 0.250 bits per heavy atom. The summed E-state index contributed by atoms with van der Waals surface area (Å²) >= 11 is 0. The van der Waals surface area contributed by atoms with Gasteiger partial charge in [0.25, 0.3) is 0 Å². The first-order chi connectivity index (χ1) is 0. The molecule has 0 fully saturated rings. The van der Waals surface area contributed by atoms with Crippen LogP contribution in [-0.2, 0) is 105 Å². The van der Waals surface area contributed by atoms with Crippen LogP contribution in [0.2, 0.25) is 0 Å². The summed E-state index contributed by atoms with van der Waals surface area (Å²) in [5, 5.41) is 0. The van der Waals surface area contributed by atoms with Crippen LogP contribution < -0.4 is 0 Å². The molecule has 0 rings (SSSR count). The molecule has 0 bridgehead atoms. The summed E-state index contributed by atoms with van der Waals surface area (Å²) in [5.41, 5.74) is 0. The average Bonchev–Trinajstić information content (AvgIpc) is 0. The van der Waals surface area contributed by atoms with Crippen molar-refractivity contribution in [3.63, 3.8) is 0 Å². The minimum absolute atomic E-state index is 0. The van der Waals surface area contributed by atoms with Crippen LogP contribution in [0, 0.1) is 37.1 Å². The van der Waals surface area contributed by atoms with E-state index in [9.17, 15) is 0 Å². The van der Waals surface area contributed by atoms with Gasteiger partial charge in [0.15, 0.2) is 0 Å². The quantitative estimate of drug-likeness (QED) is 0.260. The summed E-state index contributed by atoms with van der Waals surface area (Å²) in [7, 11) is 0. The van der Waals surface area contributed by atoms with Crippen molar-refractivity contribution in [2.45, 2.75) is 0 Å². The van der Waals surface area contributed by atoms with E-state index in [0.29, 0.717) is 0 Å². The third kappa shape index (κ3) is 431. The Morgan fingerprint density at radius 2 is 0.250 bits per heavy atom. The first kappa shape index (κ1) is 606. The summed E-state index contributed by atoms with van der Waals surface area (Å²) in [4.78, 5) is 0. The molecule has 0 saturated carbocycles. The average molecular weight is 566 g/mol. The van der Waals surface area contributed by atoms with Crippen LogP contribution in [0.3, 0.4) is 0 Å². The maximum Gasteiger partial charge on any atom is 2.00 e. The summed E-state index contributed by atoms with van der Waals surface area (Å²) in [6.07, 6.45) is 0. The molecule has 14 N–H and O–H groups in total. The SMILES string of the molecule is O.O.O.O.O.O.O.[CH3-].[CH3-].[CH3-].[CH3-].[CH3-].[Zr+2].[Zr].[Zr].[Zr]. The zero-order valence-corrected chi connectivity index (χ0v) is 20.3. The van der Waals surface area contributed by atoms with Crippen molar-refractivity contribution in [2.24, 2.45) is 0 Å². The minimum Gasteiger partial charge on any atom is -0.412 e. The molecule has 0 aliphatic carbocycles. The van der Waals surface area contributed by atoms with E-state index < -0.39 is 0 Å². The van der Waals surface area contributed by atoms with Crippen LogP contribution in [-0.4, -0.2) is 38.3 Å². The largest absolute Gasteiger partial charge is 2.00 e. The summed E-state index contributed by atoms with van der Waals surface area (Å²) < 4.78 is 0. The molecule has 0 aromatic carbocycles. The number of hydrogen-bond donors (Lipinski definition) is 0. The molecular formula is C5H29O7Zr4-3. The van der Waals surface area contributed by atoms with E-state index in [1.165, 1.54) is 0 Å². The second-order valence-corrected chi connectivity index (χ2v) is 0. The number of rotatable bonds is 0. The first-order valence-corrected chi connectivity index (χ1v) is 0. The van der Waals surface area contributed by atoms with Crippen molar-refractivity contribution in [2.75, 3.05) is 0 Å². The van der Waals surface area contributed by atoms with Gasteiger partial charge >= 0.3 is 26.2 Å². The van der Waals surface area contributed by atoms with Crippen molar-refractivity contribution >= 4 is 0 Å². The molecule has 0 unspecified atom stereocenters. The van der Waals surface area contributed by atoms with Gasteiger partial charge in [0, 0.05) is 78.6 Å². The molecule has 0 saturated heterocycles. The topological polar surface area (TPSA) is 220 Å². The molecule has 0 aliphatic heterocycles. The molecule has 0 radical (unpaired) electrons. The van der Waals surface area contributed by atoms with Gasteiger partial charge in [-0.1, -0.05) is 0 Å². The Hall–Kier alpha value is 3.25. The fourth-order valence-corrected chi connectivity index (χ4v) is 0. The van der Waals surface area contributed by atoms with Crippen molar-refractivity contribution in [1.29, 1.82) is 0 Å². The molecule has 0 aromatic rings. The predicted molar refractivity (Wildman–Crippen MR) is 57.4 cm³/mol. The van der Waals surface area contributed by atoms with Crippen LogP contribution in [0.4, 0.5) is 0 Å². The molecule has 11 heteroatoms. The third-order valence-electron chi connectivity index (χ3n) is 0. The van der Waals surface area contributed by atoms with E-state index in [-0.39, 0.29) is 180 Å². The van der Waals surface area contributed by atoms with Gasteiger partial charge in [0.1, 0.15) is 0 Å². The monoisotopic (exact) mass is 561 g/mol. The standard InChI is InChI=1S/5CH3.7H2O.4Zr/h5*1H3;7*1H2;;;;/q5*-1;;;;;;;;;;;+2. The second kappa shape index (κ2) is 514. The van der Waals surface area contributed by atoms with Crippen LogP contribution in [0.5, 0.6) is 0 Å². The van der Waals surface area contributed by atoms with E-state index in [2.05, 4.69) is 0 Å². The van der Waals surface area contributed by atoms with Gasteiger partial charge in [-0.2, -0.15) is 0 Å². The van der Waals surface area contributed by atoms with Crippen LogP contribution >= 0.6 is 0 Å². The molecule has 0 heterocycles. The van der Waals surface area contributed by atoms with Crippen molar-refractivity contribution in [3.05, 3.63) is 37.1 Å².